The quantitative estimate of drug-likeness (QED) is 0.503. The molecule has 0 saturated carbocycles. The zero-order chi connectivity index (χ0) is 29.6. The van der Waals surface area contributed by atoms with Crippen molar-refractivity contribution >= 4 is 24.1 Å². The van der Waals surface area contributed by atoms with Crippen molar-refractivity contribution in [3.8, 4) is 5.75 Å². The Hall–Kier alpha value is -3.50. The van der Waals surface area contributed by atoms with Crippen LogP contribution in [0.15, 0.2) is 18.2 Å². The summed E-state index contributed by atoms with van der Waals surface area (Å²) in [4.78, 5) is 54.3. The molecule has 1 fully saturated rings. The molecule has 11 heteroatoms. The fourth-order valence-electron chi connectivity index (χ4n) is 5.64. The molecule has 3 aliphatic heterocycles. The van der Waals surface area contributed by atoms with Crippen molar-refractivity contribution in [2.75, 3.05) is 19.8 Å². The van der Waals surface area contributed by atoms with Crippen LogP contribution in [0.5, 0.6) is 5.75 Å². The number of fused-ring (bicyclic) bond motifs is 3. The lowest BCUT2D eigenvalue weighted by Gasteiger charge is -2.34. The molecule has 0 aromatic heterocycles. The third-order valence-corrected chi connectivity index (χ3v) is 7.95. The van der Waals surface area contributed by atoms with Crippen LogP contribution in [0.3, 0.4) is 0 Å². The highest BCUT2D eigenvalue weighted by Crippen LogP contribution is 2.33. The number of ether oxygens (including phenoxy) is 3. The summed E-state index contributed by atoms with van der Waals surface area (Å²) in [5, 5.41) is 12.6. The Balaban J connectivity index is 1.51. The molecule has 226 valence electrons. The Morgan fingerprint density at radius 2 is 1.61 bits per heavy atom. The van der Waals surface area contributed by atoms with Crippen molar-refractivity contribution in [3.63, 3.8) is 0 Å². The topological polar surface area (TPSA) is 135 Å². The standard InChI is InChI=1S/C30H43N3O8/c1-30(2,3)25-26(34)33-18-21(16-23(33)27(35)36)41-29(38)32-17-20-12-11-13-24(22(20)19-32)39-14-9-7-5-4-6-8-10-15-40-28(37)31-25/h11-13,21,23,25H,4-10,14-19H2,1-3H3,(H,31,37)(H,35,36)/t21-,23?,25-/m1/s1. The van der Waals surface area contributed by atoms with Gasteiger partial charge in [-0.15, -0.1) is 0 Å². The minimum Gasteiger partial charge on any atom is -0.493 e. The number of hydrogen-bond donors (Lipinski definition) is 2. The van der Waals surface area contributed by atoms with Crippen molar-refractivity contribution in [2.45, 2.75) is 103 Å². The first-order valence-corrected chi connectivity index (χ1v) is 14.7. The van der Waals surface area contributed by atoms with Crippen LogP contribution < -0.4 is 10.1 Å². The van der Waals surface area contributed by atoms with Gasteiger partial charge in [0.2, 0.25) is 5.91 Å². The largest absolute Gasteiger partial charge is 0.493 e. The lowest BCUT2D eigenvalue weighted by atomic mass is 9.85. The molecule has 0 aliphatic carbocycles. The number of aliphatic carboxylic acids is 1. The highest BCUT2D eigenvalue weighted by atomic mass is 16.6. The summed E-state index contributed by atoms with van der Waals surface area (Å²) in [6.45, 7) is 6.82. The van der Waals surface area contributed by atoms with Gasteiger partial charge in [0.1, 0.15) is 23.9 Å². The molecule has 2 N–H and O–H groups in total. The molecule has 3 amide bonds. The third-order valence-electron chi connectivity index (χ3n) is 7.95. The normalized spacial score (nSPS) is 25.4. The smallest absolute Gasteiger partial charge is 0.410 e. The lowest BCUT2D eigenvalue weighted by Crippen LogP contribution is -2.57. The van der Waals surface area contributed by atoms with Gasteiger partial charge in [-0.25, -0.2) is 14.4 Å². The second kappa shape index (κ2) is 13.4. The SMILES string of the molecule is CC(C)(C)[C@@H]1NC(=O)OCCCCCCCCCOc2cccc3c2CN(C3)C(=O)O[C@@H]2CC(C(=O)O)N(C2)C1=O. The van der Waals surface area contributed by atoms with E-state index >= 15 is 0 Å². The highest BCUT2D eigenvalue weighted by Gasteiger charge is 2.46. The Kier molecular flexibility index (Phi) is 9.99. The zero-order valence-electron chi connectivity index (χ0n) is 24.4. The van der Waals surface area contributed by atoms with Crippen LogP contribution in [0.2, 0.25) is 0 Å². The summed E-state index contributed by atoms with van der Waals surface area (Å²) >= 11 is 0. The molecule has 4 bridgehead atoms. The summed E-state index contributed by atoms with van der Waals surface area (Å²) < 4.78 is 17.2. The minimum absolute atomic E-state index is 0.0384. The van der Waals surface area contributed by atoms with Gasteiger partial charge in [-0.3, -0.25) is 9.69 Å². The minimum atomic E-state index is -1.19. The number of amides is 3. The molecular weight excluding hydrogens is 530 g/mol. The van der Waals surface area contributed by atoms with Crippen LogP contribution in [0.25, 0.3) is 0 Å². The molecule has 0 spiro atoms. The van der Waals surface area contributed by atoms with E-state index in [4.69, 9.17) is 14.2 Å². The maximum Gasteiger partial charge on any atom is 0.410 e. The number of nitrogens with one attached hydrogen (secondary N) is 1. The van der Waals surface area contributed by atoms with Crippen molar-refractivity contribution in [1.82, 2.24) is 15.1 Å². The fraction of sp³-hybridized carbons (Fsp3) is 0.667. The molecular formula is C30H43N3O8. The first kappa shape index (κ1) is 30.5. The molecule has 3 atom stereocenters. The number of rotatable bonds is 1. The van der Waals surface area contributed by atoms with Gasteiger partial charge in [-0.2, -0.15) is 0 Å². The number of carboxylic acids is 1. The Morgan fingerprint density at radius 3 is 2.27 bits per heavy atom. The zero-order valence-corrected chi connectivity index (χ0v) is 24.4. The number of carbonyl (C=O) groups excluding carboxylic acids is 3. The molecule has 3 aliphatic rings. The molecule has 1 aromatic carbocycles. The van der Waals surface area contributed by atoms with E-state index in [1.807, 2.05) is 18.2 Å². The van der Waals surface area contributed by atoms with Crippen molar-refractivity contribution < 1.29 is 38.5 Å². The number of carbonyl (C=O) groups is 4. The van der Waals surface area contributed by atoms with Gasteiger partial charge >= 0.3 is 18.2 Å². The highest BCUT2D eigenvalue weighted by molar-refractivity contribution is 5.90. The molecule has 41 heavy (non-hydrogen) atoms. The van der Waals surface area contributed by atoms with E-state index in [1.165, 1.54) is 4.90 Å². The van der Waals surface area contributed by atoms with E-state index in [0.717, 1.165) is 61.8 Å². The molecule has 4 rings (SSSR count). The monoisotopic (exact) mass is 573 g/mol. The van der Waals surface area contributed by atoms with Crippen LogP contribution in [-0.2, 0) is 32.2 Å². The average molecular weight is 574 g/mol. The predicted molar refractivity (Wildman–Crippen MR) is 149 cm³/mol. The van der Waals surface area contributed by atoms with Crippen molar-refractivity contribution in [2.24, 2.45) is 5.41 Å². The maximum absolute atomic E-state index is 13.7. The van der Waals surface area contributed by atoms with Crippen molar-refractivity contribution in [1.29, 1.82) is 0 Å². The van der Waals surface area contributed by atoms with Gasteiger partial charge in [0.05, 0.1) is 26.3 Å². The van der Waals surface area contributed by atoms with Gasteiger partial charge in [0, 0.05) is 18.5 Å². The summed E-state index contributed by atoms with van der Waals surface area (Å²) in [6.07, 6.45) is 4.77. The summed E-state index contributed by atoms with van der Waals surface area (Å²) in [6, 6.07) is 3.59. The number of hydrogen-bond acceptors (Lipinski definition) is 7. The van der Waals surface area contributed by atoms with E-state index in [2.05, 4.69) is 5.32 Å². The van der Waals surface area contributed by atoms with E-state index in [0.29, 0.717) is 19.7 Å². The molecule has 1 saturated heterocycles. The number of carboxylic acid groups (broad SMARTS) is 1. The van der Waals surface area contributed by atoms with Crippen LogP contribution in [0.1, 0.15) is 83.3 Å². The second-order valence-electron chi connectivity index (χ2n) is 12.2. The Labute approximate surface area is 241 Å². The van der Waals surface area contributed by atoms with Gasteiger partial charge in [-0.1, -0.05) is 65.0 Å². The molecule has 1 aromatic rings. The van der Waals surface area contributed by atoms with Crippen LogP contribution in [0, 0.1) is 5.41 Å². The second-order valence-corrected chi connectivity index (χ2v) is 12.2. The summed E-state index contributed by atoms with van der Waals surface area (Å²) in [5.74, 6) is -0.976. The van der Waals surface area contributed by atoms with Gasteiger partial charge in [-0.05, 0) is 29.9 Å². The molecule has 11 nitrogen and oxygen atoms in total. The molecule has 3 heterocycles. The number of nitrogens with zero attached hydrogens (tertiary/aromatic N) is 2. The number of benzene rings is 1. The van der Waals surface area contributed by atoms with Crippen LogP contribution in [0.4, 0.5) is 9.59 Å². The van der Waals surface area contributed by atoms with E-state index in [1.54, 1.807) is 25.7 Å². The molecule has 0 radical (unpaired) electrons. The third kappa shape index (κ3) is 7.83. The van der Waals surface area contributed by atoms with Gasteiger partial charge < -0.3 is 29.5 Å². The van der Waals surface area contributed by atoms with Gasteiger partial charge in [0.25, 0.3) is 0 Å². The fourth-order valence-corrected chi connectivity index (χ4v) is 5.64. The van der Waals surface area contributed by atoms with Crippen LogP contribution in [-0.4, -0.2) is 76.9 Å². The number of alkyl carbamates (subject to hydrolysis) is 1. The van der Waals surface area contributed by atoms with E-state index in [-0.39, 0.29) is 19.6 Å². The Morgan fingerprint density at radius 1 is 0.951 bits per heavy atom. The number of cyclic esters (lactones) is 1. The predicted octanol–water partition coefficient (Wildman–Crippen LogP) is 4.46. The van der Waals surface area contributed by atoms with E-state index < -0.39 is 47.7 Å². The van der Waals surface area contributed by atoms with Gasteiger partial charge in [0.15, 0.2) is 0 Å². The van der Waals surface area contributed by atoms with Crippen LogP contribution >= 0.6 is 0 Å². The Bertz CT molecular complexity index is 1120. The first-order chi connectivity index (χ1) is 19.5. The first-order valence-electron chi connectivity index (χ1n) is 14.7. The molecule has 1 unspecified atom stereocenters. The van der Waals surface area contributed by atoms with Crippen molar-refractivity contribution in [3.05, 3.63) is 29.3 Å². The average Bonchev–Trinajstić information content (AvgIpc) is 3.54. The summed E-state index contributed by atoms with van der Waals surface area (Å²) in [7, 11) is 0. The maximum atomic E-state index is 13.7. The van der Waals surface area contributed by atoms with E-state index in [9.17, 15) is 24.3 Å². The summed E-state index contributed by atoms with van der Waals surface area (Å²) in [5.41, 5.74) is 1.22. The lowest BCUT2D eigenvalue weighted by molar-refractivity contribution is -0.150.